The number of pyridine rings is 1. The van der Waals surface area contributed by atoms with Crippen molar-refractivity contribution in [1.29, 1.82) is 0 Å². The minimum atomic E-state index is -3.51. The van der Waals surface area contributed by atoms with Crippen molar-refractivity contribution >= 4 is 21.4 Å². The van der Waals surface area contributed by atoms with Gasteiger partial charge in [0.25, 0.3) is 10.0 Å². The van der Waals surface area contributed by atoms with E-state index in [4.69, 9.17) is 6.42 Å². The van der Waals surface area contributed by atoms with E-state index in [0.717, 1.165) is 14.9 Å². The SMILES string of the molecule is C#CCN(C)S(=O)(=O)c1ccc(-c2ccccn2)s1. The lowest BCUT2D eigenvalue weighted by Crippen LogP contribution is -2.26. The van der Waals surface area contributed by atoms with E-state index in [2.05, 4.69) is 10.9 Å². The first-order valence-corrected chi connectivity index (χ1v) is 7.72. The summed E-state index contributed by atoms with van der Waals surface area (Å²) in [6.07, 6.45) is 6.81. The van der Waals surface area contributed by atoms with Gasteiger partial charge in [0.2, 0.25) is 0 Å². The summed E-state index contributed by atoms with van der Waals surface area (Å²) in [7, 11) is -2.04. The topological polar surface area (TPSA) is 50.3 Å². The zero-order valence-electron chi connectivity index (χ0n) is 10.3. The number of aromatic nitrogens is 1. The van der Waals surface area contributed by atoms with Gasteiger partial charge >= 0.3 is 0 Å². The van der Waals surface area contributed by atoms with Gasteiger partial charge in [0, 0.05) is 13.2 Å². The van der Waals surface area contributed by atoms with Crippen molar-refractivity contribution in [2.24, 2.45) is 0 Å². The zero-order valence-corrected chi connectivity index (χ0v) is 11.9. The highest BCUT2D eigenvalue weighted by molar-refractivity contribution is 7.91. The van der Waals surface area contributed by atoms with E-state index in [0.29, 0.717) is 0 Å². The molecular formula is C13H12N2O2S2. The number of rotatable bonds is 4. The predicted molar refractivity (Wildman–Crippen MR) is 76.2 cm³/mol. The molecular weight excluding hydrogens is 280 g/mol. The molecule has 0 saturated heterocycles. The van der Waals surface area contributed by atoms with Crippen LogP contribution in [0, 0.1) is 12.3 Å². The predicted octanol–water partition coefficient (Wildman–Crippen LogP) is 2.06. The molecule has 98 valence electrons. The Balaban J connectivity index is 2.35. The molecule has 0 aromatic carbocycles. The van der Waals surface area contributed by atoms with Crippen LogP contribution in [0.15, 0.2) is 40.7 Å². The molecule has 2 aromatic heterocycles. The summed E-state index contributed by atoms with van der Waals surface area (Å²) in [6.45, 7) is 0.0547. The van der Waals surface area contributed by atoms with E-state index in [1.807, 2.05) is 18.2 Å². The molecule has 0 aliphatic heterocycles. The average molecular weight is 292 g/mol. The normalized spacial score (nSPS) is 11.4. The van der Waals surface area contributed by atoms with Crippen molar-refractivity contribution in [3.63, 3.8) is 0 Å². The van der Waals surface area contributed by atoms with Crippen LogP contribution in [0.2, 0.25) is 0 Å². The molecule has 2 aromatic rings. The van der Waals surface area contributed by atoms with Crippen LogP contribution in [0.25, 0.3) is 10.6 Å². The van der Waals surface area contributed by atoms with E-state index in [9.17, 15) is 8.42 Å². The molecule has 0 aliphatic carbocycles. The Morgan fingerprint density at radius 3 is 2.79 bits per heavy atom. The first-order chi connectivity index (χ1) is 9.05. The molecule has 0 unspecified atom stereocenters. The number of thiophene rings is 1. The maximum absolute atomic E-state index is 12.2. The van der Waals surface area contributed by atoms with Crippen LogP contribution in [0.1, 0.15) is 0 Å². The number of hydrogen-bond acceptors (Lipinski definition) is 4. The van der Waals surface area contributed by atoms with Gasteiger partial charge in [-0.2, -0.15) is 4.31 Å². The quantitative estimate of drug-likeness (QED) is 0.811. The van der Waals surface area contributed by atoms with E-state index >= 15 is 0 Å². The fourth-order valence-corrected chi connectivity index (χ4v) is 4.05. The van der Waals surface area contributed by atoms with Gasteiger partial charge in [0.1, 0.15) is 4.21 Å². The van der Waals surface area contributed by atoms with Crippen molar-refractivity contribution in [3.05, 3.63) is 36.5 Å². The van der Waals surface area contributed by atoms with Crippen LogP contribution in [-0.4, -0.2) is 31.3 Å². The van der Waals surface area contributed by atoms with E-state index in [-0.39, 0.29) is 10.8 Å². The maximum atomic E-state index is 12.2. The third-order valence-electron chi connectivity index (χ3n) is 2.48. The Hall–Kier alpha value is -1.68. The second kappa shape index (κ2) is 5.53. The third kappa shape index (κ3) is 2.84. The Morgan fingerprint density at radius 1 is 1.37 bits per heavy atom. The van der Waals surface area contributed by atoms with E-state index < -0.39 is 10.0 Å². The van der Waals surface area contributed by atoms with Crippen LogP contribution in [0.3, 0.4) is 0 Å². The molecule has 0 N–H and O–H groups in total. The standard InChI is InChI=1S/C13H12N2O2S2/c1-3-10-15(2)19(16,17)13-8-7-12(18-13)11-6-4-5-9-14-11/h1,4-9H,10H2,2H3. The zero-order chi connectivity index (χ0) is 13.9. The molecule has 0 spiro atoms. The highest BCUT2D eigenvalue weighted by atomic mass is 32.2. The van der Waals surface area contributed by atoms with Gasteiger partial charge in [-0.05, 0) is 24.3 Å². The Bertz CT molecular complexity index is 700. The molecule has 6 heteroatoms. The van der Waals surface area contributed by atoms with Crippen LogP contribution < -0.4 is 0 Å². The molecule has 0 radical (unpaired) electrons. The minimum Gasteiger partial charge on any atom is -0.255 e. The Morgan fingerprint density at radius 2 is 2.16 bits per heavy atom. The molecule has 2 heterocycles. The number of hydrogen-bond donors (Lipinski definition) is 0. The van der Waals surface area contributed by atoms with Crippen molar-refractivity contribution in [2.75, 3.05) is 13.6 Å². The molecule has 0 aliphatic rings. The average Bonchev–Trinajstić information content (AvgIpc) is 2.90. The van der Waals surface area contributed by atoms with Crippen LogP contribution in [0.5, 0.6) is 0 Å². The summed E-state index contributed by atoms with van der Waals surface area (Å²) in [4.78, 5) is 5.01. The second-order valence-corrected chi connectivity index (χ2v) is 7.15. The molecule has 19 heavy (non-hydrogen) atoms. The third-order valence-corrected chi connectivity index (χ3v) is 5.86. The molecule has 0 bridgehead atoms. The smallest absolute Gasteiger partial charge is 0.253 e. The lowest BCUT2D eigenvalue weighted by molar-refractivity contribution is 0.505. The Kier molecular flexibility index (Phi) is 4.00. The lowest BCUT2D eigenvalue weighted by Gasteiger charge is -2.12. The molecule has 4 nitrogen and oxygen atoms in total. The van der Waals surface area contributed by atoms with Crippen LogP contribution in [0.4, 0.5) is 0 Å². The van der Waals surface area contributed by atoms with Gasteiger partial charge in [0.15, 0.2) is 0 Å². The van der Waals surface area contributed by atoms with Gasteiger partial charge in [0.05, 0.1) is 17.1 Å². The minimum absolute atomic E-state index is 0.0547. The summed E-state index contributed by atoms with van der Waals surface area (Å²) >= 11 is 1.19. The Labute approximate surface area is 116 Å². The summed E-state index contributed by atoms with van der Waals surface area (Å²) < 4.78 is 25.8. The van der Waals surface area contributed by atoms with Gasteiger partial charge in [-0.3, -0.25) is 4.98 Å². The number of nitrogens with zero attached hydrogens (tertiary/aromatic N) is 2. The van der Waals surface area contributed by atoms with E-state index in [1.165, 1.54) is 18.4 Å². The van der Waals surface area contributed by atoms with Crippen molar-refractivity contribution in [2.45, 2.75) is 4.21 Å². The molecule has 2 rings (SSSR count). The summed E-state index contributed by atoms with van der Waals surface area (Å²) in [5.41, 5.74) is 0.758. The molecule has 0 saturated carbocycles. The first kappa shape index (κ1) is 13.7. The second-order valence-electron chi connectivity index (χ2n) is 3.80. The van der Waals surface area contributed by atoms with Gasteiger partial charge in [-0.1, -0.05) is 12.0 Å². The highest BCUT2D eigenvalue weighted by Crippen LogP contribution is 2.30. The molecule has 0 amide bonds. The van der Waals surface area contributed by atoms with Crippen molar-refractivity contribution in [3.8, 4) is 22.9 Å². The van der Waals surface area contributed by atoms with Gasteiger partial charge in [-0.25, -0.2) is 8.42 Å². The summed E-state index contributed by atoms with van der Waals surface area (Å²) in [6, 6.07) is 8.85. The van der Waals surface area contributed by atoms with Gasteiger partial charge < -0.3 is 0 Å². The molecule has 0 atom stereocenters. The summed E-state index contributed by atoms with van der Waals surface area (Å²) in [5, 5.41) is 0. The van der Waals surface area contributed by atoms with Crippen LogP contribution in [-0.2, 0) is 10.0 Å². The molecule has 0 fully saturated rings. The largest absolute Gasteiger partial charge is 0.255 e. The fourth-order valence-electron chi connectivity index (χ4n) is 1.47. The highest BCUT2D eigenvalue weighted by Gasteiger charge is 2.22. The van der Waals surface area contributed by atoms with Crippen LogP contribution >= 0.6 is 11.3 Å². The van der Waals surface area contributed by atoms with Gasteiger partial charge in [-0.15, -0.1) is 17.8 Å². The lowest BCUT2D eigenvalue weighted by atomic mass is 10.3. The fraction of sp³-hybridized carbons (Fsp3) is 0.154. The van der Waals surface area contributed by atoms with E-state index in [1.54, 1.807) is 18.3 Å². The summed E-state index contributed by atoms with van der Waals surface area (Å²) in [5.74, 6) is 2.32. The van der Waals surface area contributed by atoms with Crippen molar-refractivity contribution < 1.29 is 8.42 Å². The van der Waals surface area contributed by atoms with Crippen molar-refractivity contribution in [1.82, 2.24) is 9.29 Å². The first-order valence-electron chi connectivity index (χ1n) is 5.47. The number of sulfonamides is 1. The maximum Gasteiger partial charge on any atom is 0.253 e. The monoisotopic (exact) mass is 292 g/mol. The number of terminal acetylenes is 1.